The summed E-state index contributed by atoms with van der Waals surface area (Å²) >= 11 is 0. The van der Waals surface area contributed by atoms with Crippen LogP contribution < -0.4 is 5.32 Å². The fourth-order valence-corrected chi connectivity index (χ4v) is 3.34. The first-order valence-corrected chi connectivity index (χ1v) is 9.59. The maximum atomic E-state index is 11.0. The van der Waals surface area contributed by atoms with Gasteiger partial charge in [0.1, 0.15) is 0 Å². The average Bonchev–Trinajstić information content (AvgIpc) is 2.49. The van der Waals surface area contributed by atoms with E-state index in [0.29, 0.717) is 6.42 Å². The predicted octanol–water partition coefficient (Wildman–Crippen LogP) is 4.98. The van der Waals surface area contributed by atoms with Crippen LogP contribution in [0.3, 0.4) is 0 Å². The fourth-order valence-electron chi connectivity index (χ4n) is 3.34. The SMILES string of the molecule is CCCCCC[C@@H]1C[C@H](CCCCCCCCC(=O)OC)N1. The molecular weight excluding hydrogens is 274 g/mol. The molecule has 130 valence electrons. The van der Waals surface area contributed by atoms with Crippen LogP contribution in [0.25, 0.3) is 0 Å². The minimum absolute atomic E-state index is 0.0692. The first kappa shape index (κ1) is 19.5. The van der Waals surface area contributed by atoms with Crippen LogP contribution in [0, 0.1) is 0 Å². The Hall–Kier alpha value is -0.570. The molecule has 3 nitrogen and oxygen atoms in total. The van der Waals surface area contributed by atoms with Gasteiger partial charge < -0.3 is 10.1 Å². The third kappa shape index (κ3) is 9.45. The summed E-state index contributed by atoms with van der Waals surface area (Å²) in [5.74, 6) is -0.0692. The number of ether oxygens (including phenoxy) is 1. The molecule has 1 heterocycles. The van der Waals surface area contributed by atoms with Crippen molar-refractivity contribution in [3.63, 3.8) is 0 Å². The van der Waals surface area contributed by atoms with E-state index in [9.17, 15) is 4.79 Å². The zero-order valence-electron chi connectivity index (χ0n) is 14.9. The molecule has 3 heteroatoms. The number of hydrogen-bond acceptors (Lipinski definition) is 3. The lowest BCUT2D eigenvalue weighted by Crippen LogP contribution is -2.52. The minimum atomic E-state index is -0.0692. The molecule has 0 aromatic rings. The Labute approximate surface area is 137 Å². The zero-order chi connectivity index (χ0) is 16.0. The van der Waals surface area contributed by atoms with Crippen LogP contribution in [-0.2, 0) is 9.53 Å². The maximum Gasteiger partial charge on any atom is 0.305 e. The summed E-state index contributed by atoms with van der Waals surface area (Å²) in [6.07, 6.45) is 17.7. The van der Waals surface area contributed by atoms with Crippen molar-refractivity contribution in [2.45, 2.75) is 109 Å². The lowest BCUT2D eigenvalue weighted by atomic mass is 9.89. The average molecular weight is 312 g/mol. The molecular formula is C19H37NO2. The topological polar surface area (TPSA) is 38.3 Å². The highest BCUT2D eigenvalue weighted by molar-refractivity contribution is 5.68. The molecule has 0 aromatic carbocycles. The number of carbonyl (C=O) groups is 1. The number of hydrogen-bond donors (Lipinski definition) is 1. The number of carbonyl (C=O) groups excluding carboxylic acids is 1. The van der Waals surface area contributed by atoms with Crippen LogP contribution in [0.4, 0.5) is 0 Å². The van der Waals surface area contributed by atoms with Crippen molar-refractivity contribution in [2.24, 2.45) is 0 Å². The molecule has 0 spiro atoms. The van der Waals surface area contributed by atoms with E-state index in [0.717, 1.165) is 24.9 Å². The van der Waals surface area contributed by atoms with Crippen molar-refractivity contribution in [1.82, 2.24) is 5.32 Å². The minimum Gasteiger partial charge on any atom is -0.469 e. The molecule has 1 saturated heterocycles. The summed E-state index contributed by atoms with van der Waals surface area (Å²) in [6.45, 7) is 2.27. The van der Waals surface area contributed by atoms with Gasteiger partial charge in [0.05, 0.1) is 7.11 Å². The van der Waals surface area contributed by atoms with E-state index in [4.69, 9.17) is 0 Å². The Morgan fingerprint density at radius 1 is 0.909 bits per heavy atom. The molecule has 2 atom stereocenters. The molecule has 0 bridgehead atoms. The first-order valence-electron chi connectivity index (χ1n) is 9.59. The molecule has 0 radical (unpaired) electrons. The summed E-state index contributed by atoms with van der Waals surface area (Å²) in [5, 5.41) is 3.74. The molecule has 1 aliphatic rings. The van der Waals surface area contributed by atoms with Gasteiger partial charge >= 0.3 is 5.97 Å². The van der Waals surface area contributed by atoms with Crippen LogP contribution >= 0.6 is 0 Å². The number of nitrogens with one attached hydrogen (secondary N) is 1. The van der Waals surface area contributed by atoms with Gasteiger partial charge in [-0.15, -0.1) is 0 Å². The predicted molar refractivity (Wildman–Crippen MR) is 93.0 cm³/mol. The van der Waals surface area contributed by atoms with Gasteiger partial charge in [0.25, 0.3) is 0 Å². The van der Waals surface area contributed by atoms with Crippen LogP contribution in [0.2, 0.25) is 0 Å². The van der Waals surface area contributed by atoms with Gasteiger partial charge in [0.15, 0.2) is 0 Å². The molecule has 0 unspecified atom stereocenters. The lowest BCUT2D eigenvalue weighted by Gasteiger charge is -2.37. The maximum absolute atomic E-state index is 11.0. The number of esters is 1. The van der Waals surface area contributed by atoms with E-state index >= 15 is 0 Å². The summed E-state index contributed by atoms with van der Waals surface area (Å²) in [6, 6.07) is 1.62. The Bertz CT molecular complexity index is 275. The number of rotatable bonds is 14. The zero-order valence-corrected chi connectivity index (χ0v) is 14.9. The molecule has 1 aliphatic heterocycles. The summed E-state index contributed by atoms with van der Waals surface area (Å²) in [7, 11) is 1.46. The fraction of sp³-hybridized carbons (Fsp3) is 0.947. The summed E-state index contributed by atoms with van der Waals surface area (Å²) in [5.41, 5.74) is 0. The van der Waals surface area contributed by atoms with Crippen molar-refractivity contribution in [3.8, 4) is 0 Å². The van der Waals surface area contributed by atoms with Crippen molar-refractivity contribution >= 4 is 5.97 Å². The van der Waals surface area contributed by atoms with Gasteiger partial charge in [0.2, 0.25) is 0 Å². The largest absolute Gasteiger partial charge is 0.469 e. The lowest BCUT2D eigenvalue weighted by molar-refractivity contribution is -0.140. The van der Waals surface area contributed by atoms with Crippen molar-refractivity contribution in [3.05, 3.63) is 0 Å². The second-order valence-electron chi connectivity index (χ2n) is 6.88. The van der Waals surface area contributed by atoms with Crippen LogP contribution in [-0.4, -0.2) is 25.2 Å². The molecule has 1 N–H and O–H groups in total. The normalized spacial score (nSPS) is 20.6. The quantitative estimate of drug-likeness (QED) is 0.363. The molecule has 1 fully saturated rings. The molecule has 0 aliphatic carbocycles. The van der Waals surface area contributed by atoms with E-state index in [2.05, 4.69) is 17.0 Å². The Balaban J connectivity index is 1.77. The Morgan fingerprint density at radius 3 is 1.95 bits per heavy atom. The third-order valence-electron chi connectivity index (χ3n) is 4.86. The Morgan fingerprint density at radius 2 is 1.41 bits per heavy atom. The molecule has 0 amide bonds. The highest BCUT2D eigenvalue weighted by atomic mass is 16.5. The monoisotopic (exact) mass is 311 g/mol. The number of methoxy groups -OCH3 is 1. The first-order chi connectivity index (χ1) is 10.8. The van der Waals surface area contributed by atoms with Crippen molar-refractivity contribution < 1.29 is 9.53 Å². The standard InChI is InChI=1S/C19H37NO2/c1-3-4-5-10-13-17-16-18(20-17)14-11-8-6-7-9-12-15-19(21)22-2/h17-18,20H,3-16H2,1-2H3/t17-,18+/m1/s1. The molecule has 1 rings (SSSR count). The van der Waals surface area contributed by atoms with Gasteiger partial charge in [-0.05, 0) is 25.7 Å². The van der Waals surface area contributed by atoms with Gasteiger partial charge in [-0.1, -0.05) is 64.7 Å². The molecule has 22 heavy (non-hydrogen) atoms. The highest BCUT2D eigenvalue weighted by Crippen LogP contribution is 2.22. The van der Waals surface area contributed by atoms with E-state index < -0.39 is 0 Å². The van der Waals surface area contributed by atoms with Crippen molar-refractivity contribution in [1.29, 1.82) is 0 Å². The highest BCUT2D eigenvalue weighted by Gasteiger charge is 2.26. The summed E-state index contributed by atoms with van der Waals surface area (Å²) < 4.78 is 4.64. The third-order valence-corrected chi connectivity index (χ3v) is 4.86. The van der Waals surface area contributed by atoms with E-state index in [1.54, 1.807) is 0 Å². The van der Waals surface area contributed by atoms with Crippen LogP contribution in [0.15, 0.2) is 0 Å². The van der Waals surface area contributed by atoms with Gasteiger partial charge in [-0.2, -0.15) is 0 Å². The van der Waals surface area contributed by atoms with Crippen LogP contribution in [0.5, 0.6) is 0 Å². The van der Waals surface area contributed by atoms with E-state index in [1.165, 1.54) is 77.7 Å². The van der Waals surface area contributed by atoms with Gasteiger partial charge in [0, 0.05) is 18.5 Å². The molecule has 0 aromatic heterocycles. The summed E-state index contributed by atoms with van der Waals surface area (Å²) in [4.78, 5) is 11.0. The van der Waals surface area contributed by atoms with Crippen LogP contribution in [0.1, 0.15) is 96.8 Å². The molecule has 0 saturated carbocycles. The van der Waals surface area contributed by atoms with Gasteiger partial charge in [-0.25, -0.2) is 0 Å². The van der Waals surface area contributed by atoms with Gasteiger partial charge in [-0.3, -0.25) is 4.79 Å². The second-order valence-corrected chi connectivity index (χ2v) is 6.88. The van der Waals surface area contributed by atoms with Crippen molar-refractivity contribution in [2.75, 3.05) is 7.11 Å². The Kier molecular flexibility index (Phi) is 11.4. The van der Waals surface area contributed by atoms with E-state index in [1.807, 2.05) is 0 Å². The van der Waals surface area contributed by atoms with E-state index in [-0.39, 0.29) is 5.97 Å². The smallest absolute Gasteiger partial charge is 0.305 e. The number of unbranched alkanes of at least 4 members (excludes halogenated alkanes) is 8. The second kappa shape index (κ2) is 12.9.